The topological polar surface area (TPSA) is 9.72 Å². The van der Waals surface area contributed by atoms with Crippen molar-refractivity contribution in [2.45, 2.75) is 50.9 Å². The van der Waals surface area contributed by atoms with Crippen LogP contribution in [0.3, 0.4) is 0 Å². The third kappa shape index (κ3) is 6.11. The van der Waals surface area contributed by atoms with E-state index in [1.807, 2.05) is 0 Å². The molecule has 0 unspecified atom stereocenters. The fourth-order valence-corrected chi connectivity index (χ4v) is 9.42. The second kappa shape index (κ2) is 14.3. The van der Waals surface area contributed by atoms with Crippen LogP contribution in [0.5, 0.6) is 0 Å². The maximum absolute atomic E-state index is 19.0. The van der Waals surface area contributed by atoms with Gasteiger partial charge < -0.3 is 14.7 Å². The van der Waals surface area contributed by atoms with Gasteiger partial charge in [0.1, 0.15) is 11.1 Å². The van der Waals surface area contributed by atoms with Crippen LogP contribution in [0.25, 0.3) is 0 Å². The molecule has 0 N–H and O–H groups in total. The summed E-state index contributed by atoms with van der Waals surface area (Å²) in [6.07, 6.45) is -8.70. The normalized spacial score (nSPS) is 14.8. The molecule has 300 valence electrons. The molecule has 7 aromatic carbocycles. The maximum atomic E-state index is 19.0. The molecular weight excluding hydrogens is 776 g/mol. The molecule has 3 nitrogen and oxygen atoms in total. The van der Waals surface area contributed by atoms with Crippen LogP contribution in [0.1, 0.15) is 44.5 Å². The summed E-state index contributed by atoms with van der Waals surface area (Å²) in [7, 11) is 0. The molecule has 3 heterocycles. The Bertz CT molecular complexity index is 2530. The molecule has 10 rings (SSSR count). The van der Waals surface area contributed by atoms with E-state index in [1.54, 1.807) is 146 Å². The lowest BCUT2D eigenvalue weighted by atomic mass is 9.94. The molecule has 3 aliphatic rings. The maximum Gasteiger partial charge on any atom is 0.420 e. The number of fused-ring (bicyclic) bond motifs is 6. The van der Waals surface area contributed by atoms with Crippen molar-refractivity contribution in [1.29, 1.82) is 0 Å². The van der Waals surface area contributed by atoms with E-state index in [1.165, 1.54) is 9.80 Å². The number of aryl methyl sites for hydroxylation is 6. The molecule has 7 aromatic rings. The zero-order valence-electron chi connectivity index (χ0n) is 32.1. The third-order valence-corrected chi connectivity index (χ3v) is 12.0. The fourth-order valence-electron chi connectivity index (χ4n) is 9.42. The van der Waals surface area contributed by atoms with Crippen molar-refractivity contribution in [3.8, 4) is 0 Å². The van der Waals surface area contributed by atoms with Crippen molar-refractivity contribution >= 4 is 51.2 Å². The third-order valence-electron chi connectivity index (χ3n) is 12.0. The number of anilines is 9. The molecule has 60 heavy (non-hydrogen) atoms. The average molecular weight is 812 g/mol. The van der Waals surface area contributed by atoms with Gasteiger partial charge in [-0.1, -0.05) is 109 Å². The number of halogens is 7. The van der Waals surface area contributed by atoms with Gasteiger partial charge in [-0.05, 0) is 108 Å². The number of para-hydroxylation sites is 6. The Kier molecular flexibility index (Phi) is 9.00. The highest BCUT2D eigenvalue weighted by atomic mass is 19.4. The van der Waals surface area contributed by atoms with Gasteiger partial charge in [-0.15, -0.1) is 0 Å². The van der Waals surface area contributed by atoms with Crippen molar-refractivity contribution in [2.24, 2.45) is 0 Å². The van der Waals surface area contributed by atoms with Crippen LogP contribution in [0, 0.1) is 5.82 Å². The van der Waals surface area contributed by atoms with Crippen LogP contribution < -0.4 is 14.7 Å². The lowest BCUT2D eigenvalue weighted by Crippen LogP contribution is -2.30. The minimum atomic E-state index is -5.52. The molecule has 0 radical (unpaired) electrons. The number of rotatable bonds is 3. The fraction of sp³-hybridized carbons (Fsp3) is 0.160. The first-order chi connectivity index (χ1) is 29.0. The lowest BCUT2D eigenvalue weighted by Gasteiger charge is -2.39. The summed E-state index contributed by atoms with van der Waals surface area (Å²) in [6.45, 7) is 0. The number of hydrogen-bond acceptors (Lipinski definition) is 3. The Morgan fingerprint density at radius 1 is 0.300 bits per heavy atom. The van der Waals surface area contributed by atoms with Crippen LogP contribution in [-0.2, 0) is 50.9 Å². The van der Waals surface area contributed by atoms with Crippen molar-refractivity contribution in [2.75, 3.05) is 14.7 Å². The average Bonchev–Trinajstić information content (AvgIpc) is 3.60. The summed E-state index contributed by atoms with van der Waals surface area (Å²) in [5, 5.41) is 0. The zero-order chi connectivity index (χ0) is 41.3. The summed E-state index contributed by atoms with van der Waals surface area (Å²) in [4.78, 5) is 3.53. The highest BCUT2D eigenvalue weighted by Crippen LogP contribution is 2.62. The summed E-state index contributed by atoms with van der Waals surface area (Å²) in [5.74, 6) is -1.65. The lowest BCUT2D eigenvalue weighted by molar-refractivity contribution is -0.141. The van der Waals surface area contributed by atoms with Gasteiger partial charge in [0.05, 0.1) is 17.1 Å². The highest BCUT2D eigenvalue weighted by Gasteiger charge is 2.52. The number of nitrogens with zero attached hydrogens (tertiary/aromatic N) is 3. The van der Waals surface area contributed by atoms with Gasteiger partial charge in [0.15, 0.2) is 5.82 Å². The molecule has 0 atom stereocenters. The van der Waals surface area contributed by atoms with Crippen molar-refractivity contribution in [3.63, 3.8) is 0 Å². The first-order valence-corrected chi connectivity index (χ1v) is 19.9. The van der Waals surface area contributed by atoms with Crippen LogP contribution in [-0.4, -0.2) is 0 Å². The first kappa shape index (κ1) is 37.7. The quantitative estimate of drug-likeness (QED) is 0.165. The predicted molar refractivity (Wildman–Crippen MR) is 223 cm³/mol. The first-order valence-electron chi connectivity index (χ1n) is 19.9. The molecule has 0 aliphatic carbocycles. The smallest absolute Gasteiger partial charge is 0.309 e. The van der Waals surface area contributed by atoms with Crippen LogP contribution >= 0.6 is 0 Å². The SMILES string of the molecule is Fc1c(N2c3ccccc3CCc3ccccc32)c(C(F)(F)F)c(N2c3ccccc3CCc3ccccc32)c(C(F)(F)F)c1N1c2ccccc2CCc2ccccc21. The van der Waals surface area contributed by atoms with Gasteiger partial charge in [-0.2, -0.15) is 26.3 Å². The Morgan fingerprint density at radius 3 is 0.717 bits per heavy atom. The van der Waals surface area contributed by atoms with Gasteiger partial charge in [0.2, 0.25) is 0 Å². The Labute approximate surface area is 342 Å². The molecule has 0 aromatic heterocycles. The molecule has 0 spiro atoms. The monoisotopic (exact) mass is 811 g/mol. The Balaban J connectivity index is 1.48. The predicted octanol–water partition coefficient (Wildman–Crippen LogP) is 14.6. The standard InChI is InChI=1S/C50H36F7N3/c51-45-47(59-39-21-9-3-15-33(39)27-28-34-16-4-10-22-40(34)59)43(49(52,53)54)46(58-37-19-7-1-13-31(37)25-26-32-14-2-8-20-38(32)58)44(50(55,56)57)48(45)60-41-23-11-5-17-35(41)29-30-36-18-6-12-24-42(36)60/h1-24H,25-30H2. The van der Waals surface area contributed by atoms with Crippen molar-refractivity contribution in [3.05, 3.63) is 196 Å². The second-order valence-corrected chi connectivity index (χ2v) is 15.4. The van der Waals surface area contributed by atoms with E-state index in [-0.39, 0.29) is 34.1 Å². The van der Waals surface area contributed by atoms with Gasteiger partial charge in [0, 0.05) is 34.1 Å². The van der Waals surface area contributed by atoms with E-state index in [0.29, 0.717) is 71.9 Å². The molecule has 0 saturated carbocycles. The molecule has 0 bridgehead atoms. The number of benzene rings is 7. The summed E-state index contributed by atoms with van der Waals surface area (Å²) < 4.78 is 120. The van der Waals surface area contributed by atoms with Gasteiger partial charge in [-0.3, -0.25) is 0 Å². The van der Waals surface area contributed by atoms with Crippen molar-refractivity contribution < 1.29 is 30.7 Å². The van der Waals surface area contributed by atoms with E-state index in [2.05, 4.69) is 0 Å². The zero-order valence-corrected chi connectivity index (χ0v) is 32.1. The van der Waals surface area contributed by atoms with Crippen LogP contribution in [0.4, 0.5) is 81.9 Å². The Hall–Kier alpha value is -6.55. The van der Waals surface area contributed by atoms with Crippen LogP contribution in [0.15, 0.2) is 146 Å². The Morgan fingerprint density at radius 2 is 0.500 bits per heavy atom. The summed E-state index contributed by atoms with van der Waals surface area (Å²) in [6, 6.07) is 40.4. The molecule has 0 saturated heterocycles. The number of alkyl halides is 6. The van der Waals surface area contributed by atoms with E-state index in [4.69, 9.17) is 0 Å². The van der Waals surface area contributed by atoms with E-state index in [0.717, 1.165) is 4.90 Å². The van der Waals surface area contributed by atoms with Crippen molar-refractivity contribution in [1.82, 2.24) is 0 Å². The van der Waals surface area contributed by atoms with Gasteiger partial charge in [0.25, 0.3) is 0 Å². The number of hydrogen-bond donors (Lipinski definition) is 0. The minimum Gasteiger partial charge on any atom is -0.309 e. The van der Waals surface area contributed by atoms with E-state index in [9.17, 15) is 0 Å². The van der Waals surface area contributed by atoms with Gasteiger partial charge >= 0.3 is 12.4 Å². The summed E-state index contributed by atoms with van der Waals surface area (Å²) in [5.41, 5.74) is -1.79. The second-order valence-electron chi connectivity index (χ2n) is 15.4. The molecular formula is C50H36F7N3. The molecule has 0 amide bonds. The van der Waals surface area contributed by atoms with E-state index < -0.39 is 46.4 Å². The van der Waals surface area contributed by atoms with Gasteiger partial charge in [-0.25, -0.2) is 4.39 Å². The molecule has 0 fully saturated rings. The minimum absolute atomic E-state index is 0.148. The summed E-state index contributed by atoms with van der Waals surface area (Å²) >= 11 is 0. The molecule has 10 heteroatoms. The molecule has 3 aliphatic heterocycles. The highest BCUT2D eigenvalue weighted by molar-refractivity contribution is 5.98. The largest absolute Gasteiger partial charge is 0.420 e. The van der Waals surface area contributed by atoms with E-state index >= 15 is 30.7 Å². The van der Waals surface area contributed by atoms with Crippen LogP contribution in [0.2, 0.25) is 0 Å².